The number of hydrogen-bond donors (Lipinski definition) is 4. The first-order chi connectivity index (χ1) is 62.1. The van der Waals surface area contributed by atoms with E-state index < -0.39 is 36.0 Å². The Balaban J connectivity index is -0.00000192. The number of nitrogens with zero attached hydrogens (tertiary/aromatic N) is 5. The number of halogens is 3. The van der Waals surface area contributed by atoms with E-state index in [1.54, 1.807) is 18.2 Å². The molecule has 0 saturated carbocycles. The molecule has 4 aliphatic heterocycles. The summed E-state index contributed by atoms with van der Waals surface area (Å²) in [4.78, 5) is 7.36. The Morgan fingerprint density at radius 2 is 0.457 bits per heavy atom. The number of nitriles is 3. The molecule has 26 heteroatoms. The van der Waals surface area contributed by atoms with Gasteiger partial charge in [0.25, 0.3) is 12.1 Å². The van der Waals surface area contributed by atoms with Gasteiger partial charge >= 0.3 is 34.1 Å². The summed E-state index contributed by atoms with van der Waals surface area (Å²) in [7, 11) is -3.92. The fourth-order valence-electron chi connectivity index (χ4n) is 18.8. The summed E-state index contributed by atoms with van der Waals surface area (Å²) in [6.45, 7) is 37.6. The summed E-state index contributed by atoms with van der Waals surface area (Å²) in [5, 5.41) is 51.1. The third-order valence-corrected chi connectivity index (χ3v) is 35.0. The summed E-state index contributed by atoms with van der Waals surface area (Å²) in [6, 6.07) is 134. The number of hydrogen-bond acceptors (Lipinski definition) is 7. The number of alkyl halides is 3. The van der Waals surface area contributed by atoms with Crippen LogP contribution in [0.15, 0.2) is 340 Å². The molecular formula is C114H153Cl3Fe2N9P4S8+10. The standard InChI is InChI=1S/2C44H42N2P2.C9H18N.C9H17N.3C2H3N.CHCl3.CH4.2Fe.8H2S/c2*1-5-19-37(20-6-1)47(38-21-7-2-8-22-38)31-35-29-33-17-13-15-27-41(33)43(45-35)44-42-28-16-14-18-34(42)30-36(46-44)32-48(39-23-9-3-10-24-39)40-25-11-4-12-26-40;2*1-8(2,3)7-9(4,5)10-6;3*1-2-3;2-1(3)4;;;;;;;;;;;/h2*1-28,35-36,43-46H,29-32H2;6H,7H2,1-5H3;7H2,1-5H3;3*1H3;1H;1H4;;;8*1H2/q;;+1;;;;;;;+2;+3;;;;;;;;/p+4/t2*35-,36-,43-,44-;;;;;;;;;;;;;;;;;/m00................./s1. The molecule has 4 aliphatic rings. The largest absolute Gasteiger partial charge is 3.00 e. The quantitative estimate of drug-likeness (QED) is 0.0259. The molecule has 0 spiro atoms. The van der Waals surface area contributed by atoms with E-state index in [0.717, 1.165) is 63.2 Å². The number of fused-ring (bicyclic) bond motifs is 4. The van der Waals surface area contributed by atoms with Gasteiger partial charge in [0.2, 0.25) is 5.54 Å². The van der Waals surface area contributed by atoms with Gasteiger partial charge in [-0.15, -0.1) is 0 Å². The number of nitrogens with one attached hydrogen (secondary N) is 4. The van der Waals surface area contributed by atoms with Crippen molar-refractivity contribution in [3.05, 3.63) is 400 Å². The van der Waals surface area contributed by atoms with Gasteiger partial charge in [-0.2, -0.15) is 124 Å². The van der Waals surface area contributed by atoms with Gasteiger partial charge in [-0.3, -0.25) is 0 Å². The predicted molar refractivity (Wildman–Crippen MR) is 657 cm³/mol. The van der Waals surface area contributed by atoms with Crippen LogP contribution in [0, 0.1) is 58.0 Å². The monoisotopic (exact) mass is 2240 g/mol. The third kappa shape index (κ3) is 45.4. The fourth-order valence-corrected chi connectivity index (χ4v) is 29.8. The summed E-state index contributed by atoms with van der Waals surface area (Å²) in [6.07, 6.45) is 10.8. The van der Waals surface area contributed by atoms with Crippen molar-refractivity contribution in [3.63, 3.8) is 0 Å². The first-order valence-corrected chi connectivity index (χ1v) is 53.1. The van der Waals surface area contributed by atoms with Gasteiger partial charge in [-0.05, 0) is 178 Å². The van der Waals surface area contributed by atoms with Crippen LogP contribution in [0.3, 0.4) is 0 Å². The SMILES string of the molecule is C.C#[N+]C(C)(C)CC(C)(C)C.CC#N.CC#N.CC#N.ClC(Cl)Cl.S.S.S.S.S.S.S.S.[C-]#[N+]C(C)(C)CC(C)(C)C.[Fe+2].[Fe+3].c1ccc([PH+](C[C@@H]2Cc3ccccc3[C@@H]([C@H]3N[C@H](C[PH+](c4ccccc4)c4ccccc4)Cc4ccccc43)N2)c2ccccc2)cc1.c1ccc([PH+](C[C@@H]2Cc3ccccc3[C@@H]([C@H]3N[C@H](C[PH+](c4ccccc4)c4ccccc4)Cc4ccccc43)N2)c2ccccc2)cc1. The Hall–Kier alpha value is -5.64. The minimum absolute atomic E-state index is 0. The summed E-state index contributed by atoms with van der Waals surface area (Å²) < 4.78 is -0.750. The minimum Gasteiger partial charge on any atom is -0.311 e. The van der Waals surface area contributed by atoms with Crippen molar-refractivity contribution >= 4 is 217 Å². The van der Waals surface area contributed by atoms with Crippen LogP contribution in [0.2, 0.25) is 0 Å². The van der Waals surface area contributed by atoms with Gasteiger partial charge in [0.05, 0.1) is 141 Å². The van der Waals surface area contributed by atoms with Crippen LogP contribution < -0.4 is 63.7 Å². The maximum atomic E-state index is 7.32. The van der Waals surface area contributed by atoms with E-state index in [2.05, 4.69) is 426 Å². The third-order valence-electron chi connectivity index (χ3n) is 23.1. The van der Waals surface area contributed by atoms with E-state index in [9.17, 15) is 0 Å². The molecule has 140 heavy (non-hydrogen) atoms. The van der Waals surface area contributed by atoms with Crippen molar-refractivity contribution in [1.82, 2.24) is 21.3 Å². The average molecular weight is 2250 g/mol. The predicted octanol–water partition coefficient (Wildman–Crippen LogP) is 25.8. The zero-order valence-electron chi connectivity index (χ0n) is 82.3. The maximum Gasteiger partial charge on any atom is 3.00 e. The molecule has 0 unspecified atom stereocenters. The smallest absolute Gasteiger partial charge is 0.311 e. The Morgan fingerprint density at radius 3 is 0.586 bits per heavy atom. The molecule has 0 aliphatic carbocycles. The second kappa shape index (κ2) is 71.8. The molecule has 12 aromatic rings. The Kier molecular flexibility index (Phi) is 71.0. The first-order valence-electron chi connectivity index (χ1n) is 45.0. The van der Waals surface area contributed by atoms with Crippen molar-refractivity contribution in [2.45, 2.75) is 200 Å². The second-order valence-corrected chi connectivity index (χ2v) is 49.0. The normalized spacial score (nSPS) is 16.2. The molecule has 16 rings (SSSR count). The van der Waals surface area contributed by atoms with Crippen molar-refractivity contribution in [2.75, 3.05) is 24.6 Å². The molecule has 12 aromatic carbocycles. The summed E-state index contributed by atoms with van der Waals surface area (Å²) in [5.41, 5.74) is 12.1. The van der Waals surface area contributed by atoms with E-state index in [1.165, 1.54) is 108 Å². The Bertz CT molecular complexity index is 4780. The first kappa shape index (κ1) is 138. The molecule has 0 fully saturated rings. The molecule has 0 bridgehead atoms. The van der Waals surface area contributed by atoms with Gasteiger partial charge in [0.1, 0.15) is 0 Å². The zero-order chi connectivity index (χ0) is 92.8. The molecule has 1 radical (unpaired) electrons. The topological polar surface area (TPSA) is 128 Å². The van der Waals surface area contributed by atoms with Crippen molar-refractivity contribution in [2.24, 2.45) is 10.8 Å². The van der Waals surface area contributed by atoms with Gasteiger partial charge in [0, 0.05) is 85.5 Å². The molecule has 749 valence electrons. The Morgan fingerprint density at radius 1 is 0.314 bits per heavy atom. The van der Waals surface area contributed by atoms with Crippen LogP contribution in [-0.2, 0) is 59.8 Å². The van der Waals surface area contributed by atoms with Crippen LogP contribution in [-0.4, -0.2) is 64.2 Å². The zero-order valence-corrected chi connectivity index (χ0v) is 98.7. The fraction of sp³-hybridized carbons (Fsp3) is 0.325. The second-order valence-electron chi connectivity index (χ2n) is 36.9. The molecule has 9 nitrogen and oxygen atoms in total. The van der Waals surface area contributed by atoms with Gasteiger partial charge < -0.3 is 26.1 Å². The van der Waals surface area contributed by atoms with Gasteiger partial charge in [0.15, 0.2) is 4.30 Å². The van der Waals surface area contributed by atoms with E-state index in [-0.39, 0.29) is 190 Å². The minimum atomic E-state index is -0.979. The van der Waals surface area contributed by atoms with E-state index >= 15 is 0 Å². The molecule has 0 saturated heterocycles. The van der Waals surface area contributed by atoms with E-state index in [0.29, 0.717) is 29.6 Å². The average Bonchev–Trinajstić information content (AvgIpc) is 0.762. The maximum absolute atomic E-state index is 7.32. The van der Waals surface area contributed by atoms with Crippen molar-refractivity contribution in [3.8, 4) is 24.8 Å². The van der Waals surface area contributed by atoms with Gasteiger partial charge in [-0.1, -0.05) is 331 Å². The molecule has 0 aromatic heterocycles. The van der Waals surface area contributed by atoms with Crippen LogP contribution in [0.5, 0.6) is 0 Å². The molecule has 4 heterocycles. The van der Waals surface area contributed by atoms with E-state index in [1.807, 2.05) is 13.8 Å². The van der Waals surface area contributed by atoms with Crippen LogP contribution in [0.4, 0.5) is 0 Å². The van der Waals surface area contributed by atoms with Crippen molar-refractivity contribution < 1.29 is 34.1 Å². The van der Waals surface area contributed by atoms with Crippen LogP contribution in [0.1, 0.15) is 179 Å². The van der Waals surface area contributed by atoms with E-state index in [4.69, 9.17) is 63.7 Å². The summed E-state index contributed by atoms with van der Waals surface area (Å²) >= 11 is 14.4. The molecule has 0 amide bonds. The van der Waals surface area contributed by atoms with Crippen molar-refractivity contribution in [1.29, 1.82) is 15.8 Å². The molecule has 8 atom stereocenters. The van der Waals surface area contributed by atoms with Crippen LogP contribution >= 0.6 is 174 Å². The number of benzene rings is 12. The molecule has 4 N–H and O–H groups in total. The molecular weight excluding hydrogens is 2090 g/mol. The Labute approximate surface area is 939 Å². The van der Waals surface area contributed by atoms with Gasteiger partial charge in [-0.25, -0.2) is 6.57 Å². The number of rotatable bonds is 20. The van der Waals surface area contributed by atoms with Crippen LogP contribution in [0.25, 0.3) is 9.69 Å². The summed E-state index contributed by atoms with van der Waals surface area (Å²) in [5.74, 6) is 0.